The molecular formula is C14H13N3O2S3. The lowest BCUT2D eigenvalue weighted by Gasteiger charge is -2.01. The second-order valence-corrected chi connectivity index (χ2v) is 8.89. The normalized spacial score (nSPS) is 11.5. The predicted molar refractivity (Wildman–Crippen MR) is 89.9 cm³/mol. The minimum atomic E-state index is -3.62. The molecule has 0 radical (unpaired) electrons. The second kappa shape index (κ2) is 5.79. The van der Waals surface area contributed by atoms with Crippen molar-refractivity contribution in [3.63, 3.8) is 0 Å². The van der Waals surface area contributed by atoms with Gasteiger partial charge in [-0.25, -0.2) is 8.42 Å². The van der Waals surface area contributed by atoms with Crippen molar-refractivity contribution in [1.82, 2.24) is 10.2 Å². The maximum absolute atomic E-state index is 12.3. The second-order valence-electron chi connectivity index (χ2n) is 4.72. The van der Waals surface area contributed by atoms with E-state index in [-0.39, 0.29) is 9.34 Å². The highest BCUT2D eigenvalue weighted by Gasteiger charge is 2.19. The maximum atomic E-state index is 12.3. The SMILES string of the molecule is Cc1ccc(-c2ccc(S(=O)(=O)Nc3nnc(C)s3)s2)cc1. The van der Waals surface area contributed by atoms with Crippen molar-refractivity contribution in [1.29, 1.82) is 0 Å². The van der Waals surface area contributed by atoms with Crippen molar-refractivity contribution in [2.45, 2.75) is 18.1 Å². The summed E-state index contributed by atoms with van der Waals surface area (Å²) in [7, 11) is -3.62. The topological polar surface area (TPSA) is 72.0 Å². The third-order valence-corrected chi connectivity index (χ3v) is 6.78. The Balaban J connectivity index is 1.87. The first-order chi connectivity index (χ1) is 10.4. The molecule has 5 nitrogen and oxygen atoms in total. The van der Waals surface area contributed by atoms with Gasteiger partial charge in [-0.15, -0.1) is 21.5 Å². The number of benzene rings is 1. The lowest BCUT2D eigenvalue weighted by atomic mass is 10.1. The molecule has 2 aromatic heterocycles. The van der Waals surface area contributed by atoms with Gasteiger partial charge in [-0.1, -0.05) is 41.2 Å². The van der Waals surface area contributed by atoms with E-state index >= 15 is 0 Å². The first-order valence-corrected chi connectivity index (χ1v) is 9.55. The first-order valence-electron chi connectivity index (χ1n) is 6.44. The van der Waals surface area contributed by atoms with Crippen LogP contribution in [0.3, 0.4) is 0 Å². The number of anilines is 1. The predicted octanol–water partition coefficient (Wildman–Crippen LogP) is 3.68. The van der Waals surface area contributed by atoms with E-state index in [1.54, 1.807) is 13.0 Å². The van der Waals surface area contributed by atoms with Gasteiger partial charge in [0.15, 0.2) is 0 Å². The molecule has 0 aliphatic rings. The molecular weight excluding hydrogens is 338 g/mol. The summed E-state index contributed by atoms with van der Waals surface area (Å²) in [5.74, 6) is 0. The van der Waals surface area contributed by atoms with E-state index in [0.717, 1.165) is 10.4 Å². The number of aromatic nitrogens is 2. The number of aryl methyl sites for hydroxylation is 2. The Morgan fingerprint density at radius 1 is 0.955 bits per heavy atom. The zero-order chi connectivity index (χ0) is 15.7. The zero-order valence-electron chi connectivity index (χ0n) is 11.9. The van der Waals surface area contributed by atoms with Crippen LogP contribution in [0.1, 0.15) is 10.6 Å². The van der Waals surface area contributed by atoms with Gasteiger partial charge in [-0.05, 0) is 31.5 Å². The summed E-state index contributed by atoms with van der Waals surface area (Å²) in [6.07, 6.45) is 0. The summed E-state index contributed by atoms with van der Waals surface area (Å²) in [6, 6.07) is 11.4. The smallest absolute Gasteiger partial charge is 0.253 e. The fourth-order valence-electron chi connectivity index (χ4n) is 1.84. The number of hydrogen-bond donors (Lipinski definition) is 1. The molecule has 3 rings (SSSR count). The number of rotatable bonds is 4. The van der Waals surface area contributed by atoms with Crippen LogP contribution in [0.25, 0.3) is 10.4 Å². The van der Waals surface area contributed by atoms with E-state index < -0.39 is 10.0 Å². The third kappa shape index (κ3) is 3.18. The highest BCUT2D eigenvalue weighted by Crippen LogP contribution is 2.32. The van der Waals surface area contributed by atoms with Gasteiger partial charge >= 0.3 is 0 Å². The van der Waals surface area contributed by atoms with E-state index in [4.69, 9.17) is 0 Å². The minimum absolute atomic E-state index is 0.260. The Labute approximate surface area is 136 Å². The molecule has 0 unspecified atom stereocenters. The average molecular weight is 351 g/mol. The van der Waals surface area contributed by atoms with Gasteiger partial charge in [0, 0.05) is 4.88 Å². The summed E-state index contributed by atoms with van der Waals surface area (Å²) < 4.78 is 27.4. The number of hydrogen-bond acceptors (Lipinski definition) is 6. The van der Waals surface area contributed by atoms with Crippen molar-refractivity contribution < 1.29 is 8.42 Å². The maximum Gasteiger partial charge on any atom is 0.273 e. The van der Waals surface area contributed by atoms with Crippen LogP contribution in [0.4, 0.5) is 5.13 Å². The molecule has 0 saturated heterocycles. The van der Waals surface area contributed by atoms with E-state index in [1.165, 1.54) is 28.2 Å². The van der Waals surface area contributed by atoms with Crippen molar-refractivity contribution >= 4 is 37.8 Å². The Morgan fingerprint density at radius 3 is 2.32 bits per heavy atom. The Hall–Kier alpha value is -1.77. The van der Waals surface area contributed by atoms with Crippen molar-refractivity contribution in [3.8, 4) is 10.4 Å². The van der Waals surface area contributed by atoms with Crippen LogP contribution in [-0.2, 0) is 10.0 Å². The van der Waals surface area contributed by atoms with Gasteiger partial charge in [-0.3, -0.25) is 4.72 Å². The molecule has 1 aromatic carbocycles. The Kier molecular flexibility index (Phi) is 3.98. The van der Waals surface area contributed by atoms with Crippen LogP contribution in [0.5, 0.6) is 0 Å². The van der Waals surface area contributed by atoms with Crippen molar-refractivity contribution in [3.05, 3.63) is 47.0 Å². The van der Waals surface area contributed by atoms with E-state index in [2.05, 4.69) is 14.9 Å². The summed E-state index contributed by atoms with van der Waals surface area (Å²) in [6.45, 7) is 3.79. The standard InChI is InChI=1S/C14H13N3O2S3/c1-9-3-5-11(6-4-9)12-7-8-13(21-12)22(18,19)17-14-16-15-10(2)20-14/h3-8H,1-2H3,(H,16,17). The fraction of sp³-hybridized carbons (Fsp3) is 0.143. The van der Waals surface area contributed by atoms with Crippen LogP contribution in [0.2, 0.25) is 0 Å². The molecule has 0 amide bonds. The highest BCUT2D eigenvalue weighted by molar-refractivity contribution is 7.95. The molecule has 0 spiro atoms. The highest BCUT2D eigenvalue weighted by atomic mass is 32.2. The van der Waals surface area contributed by atoms with Gasteiger partial charge in [0.2, 0.25) is 5.13 Å². The number of nitrogens with zero attached hydrogens (tertiary/aromatic N) is 2. The molecule has 0 bridgehead atoms. The van der Waals surface area contributed by atoms with Gasteiger partial charge < -0.3 is 0 Å². The molecule has 8 heteroatoms. The van der Waals surface area contributed by atoms with Crippen LogP contribution in [0.15, 0.2) is 40.6 Å². The van der Waals surface area contributed by atoms with Crippen molar-refractivity contribution in [2.75, 3.05) is 4.72 Å². The lowest BCUT2D eigenvalue weighted by Crippen LogP contribution is -2.11. The Bertz CT molecular complexity index is 896. The van der Waals surface area contributed by atoms with Gasteiger partial charge in [0.05, 0.1) is 0 Å². The molecule has 3 aromatic rings. The molecule has 0 atom stereocenters. The first kappa shape index (κ1) is 15.1. The summed E-state index contributed by atoms with van der Waals surface area (Å²) in [5, 5.41) is 8.58. The molecule has 114 valence electrons. The minimum Gasteiger partial charge on any atom is -0.253 e. The molecule has 1 N–H and O–H groups in total. The van der Waals surface area contributed by atoms with E-state index in [1.807, 2.05) is 37.3 Å². The monoisotopic (exact) mass is 351 g/mol. The van der Waals surface area contributed by atoms with Gasteiger partial charge in [-0.2, -0.15) is 0 Å². The van der Waals surface area contributed by atoms with E-state index in [0.29, 0.717) is 5.01 Å². The average Bonchev–Trinajstić information content (AvgIpc) is 3.09. The number of sulfonamides is 1. The molecule has 0 fully saturated rings. The zero-order valence-corrected chi connectivity index (χ0v) is 14.3. The number of thiophene rings is 1. The summed E-state index contributed by atoms with van der Waals surface area (Å²) in [5.41, 5.74) is 2.17. The van der Waals surface area contributed by atoms with E-state index in [9.17, 15) is 8.42 Å². The quantitative estimate of drug-likeness (QED) is 0.778. The number of nitrogens with one attached hydrogen (secondary N) is 1. The molecule has 0 saturated carbocycles. The summed E-state index contributed by atoms with van der Waals surface area (Å²) in [4.78, 5) is 0.911. The van der Waals surface area contributed by atoms with Crippen LogP contribution in [0, 0.1) is 13.8 Å². The van der Waals surface area contributed by atoms with Crippen molar-refractivity contribution in [2.24, 2.45) is 0 Å². The lowest BCUT2D eigenvalue weighted by molar-refractivity contribution is 0.603. The van der Waals surface area contributed by atoms with Crippen LogP contribution < -0.4 is 4.72 Å². The molecule has 2 heterocycles. The molecule has 0 aliphatic carbocycles. The largest absolute Gasteiger partial charge is 0.273 e. The van der Waals surface area contributed by atoms with Crippen LogP contribution >= 0.6 is 22.7 Å². The summed E-state index contributed by atoms with van der Waals surface area (Å²) >= 11 is 2.44. The Morgan fingerprint density at radius 2 is 1.68 bits per heavy atom. The third-order valence-electron chi connectivity index (χ3n) is 2.93. The fourth-order valence-corrected chi connectivity index (χ4v) is 4.97. The van der Waals surface area contributed by atoms with Gasteiger partial charge in [0.25, 0.3) is 10.0 Å². The molecule has 0 aliphatic heterocycles. The van der Waals surface area contributed by atoms with Gasteiger partial charge in [0.1, 0.15) is 9.22 Å². The molecule has 22 heavy (non-hydrogen) atoms. The van der Waals surface area contributed by atoms with Crippen LogP contribution in [-0.4, -0.2) is 18.6 Å².